The predicted octanol–water partition coefficient (Wildman–Crippen LogP) is 1.28. The van der Waals surface area contributed by atoms with Gasteiger partial charge in [0.05, 0.1) is 12.2 Å². The number of rotatable bonds is 6. The highest BCUT2D eigenvalue weighted by Crippen LogP contribution is 2.29. The summed E-state index contributed by atoms with van der Waals surface area (Å²) in [6, 6.07) is 7.72. The van der Waals surface area contributed by atoms with Gasteiger partial charge in [-0.25, -0.2) is 0 Å². The van der Waals surface area contributed by atoms with E-state index < -0.39 is 0 Å². The highest BCUT2D eigenvalue weighted by atomic mass is 16.5. The summed E-state index contributed by atoms with van der Waals surface area (Å²) in [6.45, 7) is 2.32. The van der Waals surface area contributed by atoms with E-state index in [2.05, 4.69) is 15.5 Å². The first kappa shape index (κ1) is 13.1. The van der Waals surface area contributed by atoms with Gasteiger partial charge in [-0.1, -0.05) is 17.3 Å². The summed E-state index contributed by atoms with van der Waals surface area (Å²) in [4.78, 5) is 4.38. The van der Waals surface area contributed by atoms with E-state index >= 15 is 0 Å². The molecule has 1 aliphatic rings. The normalized spacial score (nSPS) is 15.1. The Labute approximate surface area is 117 Å². The first-order valence-corrected chi connectivity index (χ1v) is 6.65. The smallest absolute Gasteiger partial charge is 0.261 e. The van der Waals surface area contributed by atoms with Crippen molar-refractivity contribution in [3.05, 3.63) is 30.1 Å². The predicted molar refractivity (Wildman–Crippen MR) is 72.6 cm³/mol. The molecule has 3 rings (SSSR count). The van der Waals surface area contributed by atoms with Crippen LogP contribution in [0.4, 0.5) is 0 Å². The van der Waals surface area contributed by atoms with E-state index in [0.29, 0.717) is 24.7 Å². The van der Waals surface area contributed by atoms with Crippen LogP contribution in [0.1, 0.15) is 5.82 Å². The van der Waals surface area contributed by atoms with Gasteiger partial charge in [0, 0.05) is 26.6 Å². The van der Waals surface area contributed by atoms with Crippen molar-refractivity contribution in [2.45, 2.75) is 12.5 Å². The molecule has 0 spiro atoms. The molecule has 1 saturated heterocycles. The Morgan fingerprint density at radius 3 is 2.95 bits per heavy atom. The van der Waals surface area contributed by atoms with E-state index in [0.717, 1.165) is 24.4 Å². The molecular formula is C14H17N3O3. The first-order valence-electron chi connectivity index (χ1n) is 6.65. The molecule has 2 aromatic rings. The lowest BCUT2D eigenvalue weighted by Crippen LogP contribution is -2.50. The third-order valence-electron chi connectivity index (χ3n) is 3.15. The van der Waals surface area contributed by atoms with Crippen molar-refractivity contribution in [3.8, 4) is 17.2 Å². The van der Waals surface area contributed by atoms with E-state index in [-0.39, 0.29) is 6.10 Å². The lowest BCUT2D eigenvalue weighted by atomic mass is 10.2. The molecule has 0 bridgehead atoms. The molecular weight excluding hydrogens is 258 g/mol. The van der Waals surface area contributed by atoms with Crippen LogP contribution in [-0.2, 0) is 11.2 Å². The molecule has 1 aromatic heterocycles. The Balaban J connectivity index is 1.79. The Morgan fingerprint density at radius 2 is 2.20 bits per heavy atom. The molecule has 1 aromatic carbocycles. The molecule has 20 heavy (non-hydrogen) atoms. The van der Waals surface area contributed by atoms with Gasteiger partial charge in [0.25, 0.3) is 5.89 Å². The molecule has 1 aliphatic heterocycles. The summed E-state index contributed by atoms with van der Waals surface area (Å²) in [6.07, 6.45) is 0.849. The Kier molecular flexibility index (Phi) is 3.94. The summed E-state index contributed by atoms with van der Waals surface area (Å²) in [5, 5.41) is 7.13. The minimum absolute atomic E-state index is 0.215. The Morgan fingerprint density at radius 1 is 1.35 bits per heavy atom. The Hall–Kier alpha value is -1.92. The first-order chi connectivity index (χ1) is 9.86. The number of ether oxygens (including phenoxy) is 2. The topological polar surface area (TPSA) is 69.4 Å². The van der Waals surface area contributed by atoms with E-state index in [1.165, 1.54) is 0 Å². The number of nitrogens with zero attached hydrogens (tertiary/aromatic N) is 2. The molecule has 0 unspecified atom stereocenters. The van der Waals surface area contributed by atoms with Gasteiger partial charge in [-0.2, -0.15) is 4.98 Å². The van der Waals surface area contributed by atoms with Crippen LogP contribution in [0.3, 0.4) is 0 Å². The molecule has 1 N–H and O–H groups in total. The van der Waals surface area contributed by atoms with Crippen LogP contribution in [0.2, 0.25) is 0 Å². The number of methoxy groups -OCH3 is 1. The molecule has 0 radical (unpaired) electrons. The van der Waals surface area contributed by atoms with E-state index in [4.69, 9.17) is 14.0 Å². The van der Waals surface area contributed by atoms with Gasteiger partial charge in [0.1, 0.15) is 11.9 Å². The van der Waals surface area contributed by atoms with E-state index in [9.17, 15) is 0 Å². The average molecular weight is 275 g/mol. The van der Waals surface area contributed by atoms with Crippen molar-refractivity contribution >= 4 is 0 Å². The molecule has 106 valence electrons. The summed E-state index contributed by atoms with van der Waals surface area (Å²) in [5.74, 6) is 1.90. The number of hydrogen-bond donors (Lipinski definition) is 1. The van der Waals surface area contributed by atoms with Gasteiger partial charge in [0.15, 0.2) is 5.82 Å². The van der Waals surface area contributed by atoms with Crippen molar-refractivity contribution in [2.75, 3.05) is 26.8 Å². The Bertz CT molecular complexity index is 566. The third-order valence-corrected chi connectivity index (χ3v) is 3.15. The number of aromatic nitrogens is 2. The van der Waals surface area contributed by atoms with Crippen molar-refractivity contribution in [1.29, 1.82) is 0 Å². The molecule has 0 aliphatic carbocycles. The van der Waals surface area contributed by atoms with Crippen molar-refractivity contribution < 1.29 is 14.0 Å². The van der Waals surface area contributed by atoms with Crippen LogP contribution in [0, 0.1) is 0 Å². The van der Waals surface area contributed by atoms with Crippen LogP contribution < -0.4 is 10.1 Å². The van der Waals surface area contributed by atoms with Crippen LogP contribution in [0.15, 0.2) is 28.8 Å². The van der Waals surface area contributed by atoms with Gasteiger partial charge in [0.2, 0.25) is 0 Å². The zero-order valence-electron chi connectivity index (χ0n) is 11.3. The number of hydrogen-bond acceptors (Lipinski definition) is 6. The lowest BCUT2D eigenvalue weighted by molar-refractivity contribution is 0.142. The molecule has 1 fully saturated rings. The second-order valence-electron chi connectivity index (χ2n) is 4.65. The molecule has 0 atom stereocenters. The van der Waals surface area contributed by atoms with E-state index in [1.807, 2.05) is 24.3 Å². The minimum Gasteiger partial charge on any atom is -0.487 e. The fourth-order valence-corrected chi connectivity index (χ4v) is 1.93. The van der Waals surface area contributed by atoms with Crippen LogP contribution in [-0.4, -0.2) is 43.1 Å². The van der Waals surface area contributed by atoms with Gasteiger partial charge in [-0.05, 0) is 12.1 Å². The number of para-hydroxylation sites is 1. The second-order valence-corrected chi connectivity index (χ2v) is 4.65. The molecule has 0 amide bonds. The van der Waals surface area contributed by atoms with Crippen molar-refractivity contribution in [2.24, 2.45) is 0 Å². The van der Waals surface area contributed by atoms with Crippen molar-refractivity contribution in [1.82, 2.24) is 15.5 Å². The highest BCUT2D eigenvalue weighted by molar-refractivity contribution is 5.62. The summed E-state index contributed by atoms with van der Waals surface area (Å²) < 4.78 is 16.2. The summed E-state index contributed by atoms with van der Waals surface area (Å²) in [5.41, 5.74) is 0.829. The second kappa shape index (κ2) is 6.02. The SMILES string of the molecule is COCCc1noc(-c2ccccc2OC2CNC2)n1. The third kappa shape index (κ3) is 2.81. The molecule has 6 nitrogen and oxygen atoms in total. The number of benzene rings is 1. The zero-order valence-corrected chi connectivity index (χ0v) is 11.3. The molecule has 0 saturated carbocycles. The van der Waals surface area contributed by atoms with Crippen LogP contribution in [0.5, 0.6) is 5.75 Å². The number of nitrogens with one attached hydrogen (secondary N) is 1. The fourth-order valence-electron chi connectivity index (χ4n) is 1.93. The summed E-state index contributed by atoms with van der Waals surface area (Å²) >= 11 is 0. The van der Waals surface area contributed by atoms with Gasteiger partial charge in [-0.15, -0.1) is 0 Å². The largest absolute Gasteiger partial charge is 0.487 e. The fraction of sp³-hybridized carbons (Fsp3) is 0.429. The molecule has 2 heterocycles. The van der Waals surface area contributed by atoms with E-state index in [1.54, 1.807) is 7.11 Å². The van der Waals surface area contributed by atoms with Crippen LogP contribution in [0.25, 0.3) is 11.5 Å². The van der Waals surface area contributed by atoms with Crippen molar-refractivity contribution in [3.63, 3.8) is 0 Å². The maximum Gasteiger partial charge on any atom is 0.261 e. The molecule has 6 heteroatoms. The van der Waals surface area contributed by atoms with Gasteiger partial charge >= 0.3 is 0 Å². The zero-order chi connectivity index (χ0) is 13.8. The van der Waals surface area contributed by atoms with Gasteiger partial charge in [-0.3, -0.25) is 0 Å². The maximum atomic E-state index is 5.91. The lowest BCUT2D eigenvalue weighted by Gasteiger charge is -2.28. The standard InChI is InChI=1S/C14H17N3O3/c1-18-7-6-13-16-14(20-17-13)11-4-2-3-5-12(11)19-10-8-15-9-10/h2-5,10,15H,6-9H2,1H3. The monoisotopic (exact) mass is 275 g/mol. The van der Waals surface area contributed by atoms with Gasteiger partial charge < -0.3 is 19.3 Å². The maximum absolute atomic E-state index is 5.91. The minimum atomic E-state index is 0.215. The summed E-state index contributed by atoms with van der Waals surface area (Å²) in [7, 11) is 1.65. The van der Waals surface area contributed by atoms with Crippen LogP contribution >= 0.6 is 0 Å². The average Bonchev–Trinajstić information content (AvgIpc) is 2.90. The quantitative estimate of drug-likeness (QED) is 0.856. The highest BCUT2D eigenvalue weighted by Gasteiger charge is 2.21.